The monoisotopic (exact) mass is 216 g/mol. The van der Waals surface area contributed by atoms with Crippen LogP contribution in [-0.2, 0) is 9.59 Å². The van der Waals surface area contributed by atoms with E-state index in [0.29, 0.717) is 12.4 Å². The zero-order valence-corrected chi connectivity index (χ0v) is 8.83. The molecule has 2 amide bonds. The summed E-state index contributed by atoms with van der Waals surface area (Å²) in [6.07, 6.45) is 3.56. The second-order valence-corrected chi connectivity index (χ2v) is 3.46. The molecule has 1 fully saturated rings. The third kappa shape index (κ3) is 2.73. The number of piperazine rings is 1. The molecule has 4 nitrogen and oxygen atoms in total. The average Bonchev–Trinajstić information content (AvgIpc) is 2.14. The summed E-state index contributed by atoms with van der Waals surface area (Å²) in [6, 6.07) is 0. The van der Waals surface area contributed by atoms with Crippen LogP contribution in [0.25, 0.3) is 0 Å². The number of rotatable bonds is 3. The first-order valence-corrected chi connectivity index (χ1v) is 4.91. The third-order valence-electron chi connectivity index (χ3n) is 2.06. The molecule has 78 valence electrons. The van der Waals surface area contributed by atoms with Crippen LogP contribution in [0.3, 0.4) is 0 Å². The summed E-state index contributed by atoms with van der Waals surface area (Å²) < 4.78 is 0. The van der Waals surface area contributed by atoms with E-state index in [2.05, 4.69) is 0 Å². The number of nitrogens with zero attached hydrogens (tertiary/aromatic N) is 2. The molecule has 0 saturated carbocycles. The molecule has 0 aromatic heterocycles. The van der Waals surface area contributed by atoms with Gasteiger partial charge in [-0.25, -0.2) is 0 Å². The Morgan fingerprint density at radius 2 is 2.00 bits per heavy atom. The number of halogens is 1. The highest BCUT2D eigenvalue weighted by molar-refractivity contribution is 6.18. The van der Waals surface area contributed by atoms with Gasteiger partial charge in [0.1, 0.15) is 6.54 Å². The number of allylic oxidation sites excluding steroid dienone is 1. The molecule has 1 aliphatic rings. The lowest BCUT2D eigenvalue weighted by Crippen LogP contribution is -2.52. The number of hydrogen-bond acceptors (Lipinski definition) is 2. The van der Waals surface area contributed by atoms with E-state index in [1.54, 1.807) is 19.2 Å². The lowest BCUT2D eigenvalue weighted by molar-refractivity contribution is -0.148. The van der Waals surface area contributed by atoms with Crippen molar-refractivity contribution in [3.05, 3.63) is 12.2 Å². The van der Waals surface area contributed by atoms with E-state index >= 15 is 0 Å². The molecule has 0 spiro atoms. The highest BCUT2D eigenvalue weighted by Crippen LogP contribution is 2.02. The molecular weight excluding hydrogens is 204 g/mol. The maximum atomic E-state index is 11.4. The molecule has 1 rings (SSSR count). The summed E-state index contributed by atoms with van der Waals surface area (Å²) in [5.74, 6) is 0.380. The van der Waals surface area contributed by atoms with Gasteiger partial charge in [-0.05, 0) is 0 Å². The fourth-order valence-electron chi connectivity index (χ4n) is 1.19. The van der Waals surface area contributed by atoms with Gasteiger partial charge in [0.2, 0.25) is 11.8 Å². The quantitative estimate of drug-likeness (QED) is 0.495. The maximum Gasteiger partial charge on any atom is 0.242 e. The standard InChI is InChI=1S/C9H13ClN2O2/c1-11-6-9(14)12(7-8(11)13)5-3-2-4-10/h2-3H,4-7H2,1H3. The van der Waals surface area contributed by atoms with Gasteiger partial charge >= 0.3 is 0 Å². The van der Waals surface area contributed by atoms with Crippen molar-refractivity contribution in [1.82, 2.24) is 9.80 Å². The number of carbonyl (C=O) groups is 2. The number of amides is 2. The van der Waals surface area contributed by atoms with E-state index in [0.717, 1.165) is 0 Å². The molecule has 0 aromatic carbocycles. The third-order valence-corrected chi connectivity index (χ3v) is 2.24. The zero-order valence-electron chi connectivity index (χ0n) is 8.07. The van der Waals surface area contributed by atoms with Crippen molar-refractivity contribution in [3.63, 3.8) is 0 Å². The summed E-state index contributed by atoms with van der Waals surface area (Å²) in [4.78, 5) is 25.6. The lowest BCUT2D eigenvalue weighted by atomic mass is 10.3. The van der Waals surface area contributed by atoms with Crippen molar-refractivity contribution < 1.29 is 9.59 Å². The van der Waals surface area contributed by atoms with Gasteiger partial charge < -0.3 is 9.80 Å². The molecular formula is C9H13ClN2O2. The average molecular weight is 217 g/mol. The first-order chi connectivity index (χ1) is 6.65. The molecule has 0 atom stereocenters. The molecule has 0 aliphatic carbocycles. The van der Waals surface area contributed by atoms with Crippen molar-refractivity contribution in [2.24, 2.45) is 0 Å². The van der Waals surface area contributed by atoms with E-state index in [-0.39, 0.29) is 24.9 Å². The summed E-state index contributed by atoms with van der Waals surface area (Å²) in [6.45, 7) is 0.806. The largest absolute Gasteiger partial charge is 0.335 e. The van der Waals surface area contributed by atoms with E-state index in [1.807, 2.05) is 0 Å². The van der Waals surface area contributed by atoms with Crippen molar-refractivity contribution in [2.75, 3.05) is 32.6 Å². The Balaban J connectivity index is 2.49. The van der Waals surface area contributed by atoms with Crippen molar-refractivity contribution >= 4 is 23.4 Å². The van der Waals surface area contributed by atoms with Crippen LogP contribution in [0, 0.1) is 0 Å². The molecule has 14 heavy (non-hydrogen) atoms. The van der Waals surface area contributed by atoms with Crippen LogP contribution < -0.4 is 0 Å². The predicted molar refractivity (Wildman–Crippen MR) is 54.1 cm³/mol. The Morgan fingerprint density at radius 1 is 1.29 bits per heavy atom. The fourth-order valence-corrected chi connectivity index (χ4v) is 1.32. The van der Waals surface area contributed by atoms with E-state index in [1.165, 1.54) is 9.80 Å². The number of hydrogen-bond donors (Lipinski definition) is 0. The Bertz CT molecular complexity index is 266. The van der Waals surface area contributed by atoms with Gasteiger partial charge in [-0.2, -0.15) is 0 Å². The molecule has 0 unspecified atom stereocenters. The van der Waals surface area contributed by atoms with Gasteiger partial charge in [0, 0.05) is 19.5 Å². The summed E-state index contributed by atoms with van der Waals surface area (Å²) >= 11 is 5.44. The normalized spacial score (nSPS) is 18.4. The lowest BCUT2D eigenvalue weighted by Gasteiger charge is -2.30. The van der Waals surface area contributed by atoms with Crippen LogP contribution in [-0.4, -0.2) is 54.2 Å². The van der Waals surface area contributed by atoms with E-state index < -0.39 is 0 Å². The Labute approximate surface area is 88.1 Å². The van der Waals surface area contributed by atoms with Crippen molar-refractivity contribution in [3.8, 4) is 0 Å². The van der Waals surface area contributed by atoms with E-state index in [4.69, 9.17) is 11.6 Å². The first kappa shape index (κ1) is 11.0. The number of likely N-dealkylation sites (N-methyl/N-ethyl adjacent to an activating group) is 1. The smallest absolute Gasteiger partial charge is 0.242 e. The summed E-state index contributed by atoms with van der Waals surface area (Å²) in [5, 5.41) is 0. The zero-order chi connectivity index (χ0) is 10.6. The van der Waals surface area contributed by atoms with Gasteiger partial charge in [0.05, 0.1) is 6.54 Å². The van der Waals surface area contributed by atoms with Gasteiger partial charge in [-0.1, -0.05) is 12.2 Å². The minimum atomic E-state index is -0.0242. The summed E-state index contributed by atoms with van der Waals surface area (Å²) in [7, 11) is 1.63. The molecule has 0 radical (unpaired) electrons. The molecule has 5 heteroatoms. The van der Waals surface area contributed by atoms with Crippen LogP contribution in [0.2, 0.25) is 0 Å². The van der Waals surface area contributed by atoms with Crippen molar-refractivity contribution in [2.45, 2.75) is 0 Å². The minimum Gasteiger partial charge on any atom is -0.335 e. The molecule has 1 aliphatic heterocycles. The van der Waals surface area contributed by atoms with Crippen LogP contribution in [0.4, 0.5) is 0 Å². The van der Waals surface area contributed by atoms with Crippen molar-refractivity contribution in [1.29, 1.82) is 0 Å². The summed E-state index contributed by atoms with van der Waals surface area (Å²) in [5.41, 5.74) is 0. The van der Waals surface area contributed by atoms with Crippen LogP contribution in [0.5, 0.6) is 0 Å². The van der Waals surface area contributed by atoms with Crippen LogP contribution in [0.1, 0.15) is 0 Å². The molecule has 1 saturated heterocycles. The highest BCUT2D eigenvalue weighted by Gasteiger charge is 2.26. The molecule has 1 heterocycles. The van der Waals surface area contributed by atoms with Crippen LogP contribution in [0.15, 0.2) is 12.2 Å². The first-order valence-electron chi connectivity index (χ1n) is 4.38. The van der Waals surface area contributed by atoms with Gasteiger partial charge in [0.25, 0.3) is 0 Å². The van der Waals surface area contributed by atoms with Gasteiger partial charge in [0.15, 0.2) is 0 Å². The second kappa shape index (κ2) is 5.00. The van der Waals surface area contributed by atoms with Gasteiger partial charge in [-0.3, -0.25) is 9.59 Å². The minimum absolute atomic E-state index is 0.0219. The Kier molecular flexibility index (Phi) is 3.95. The Hall–Kier alpha value is -1.03. The van der Waals surface area contributed by atoms with Gasteiger partial charge in [-0.15, -0.1) is 11.6 Å². The fraction of sp³-hybridized carbons (Fsp3) is 0.556. The maximum absolute atomic E-state index is 11.4. The predicted octanol–water partition coefficient (Wildman–Crippen LogP) is 0.0820. The molecule has 0 aromatic rings. The Morgan fingerprint density at radius 3 is 2.64 bits per heavy atom. The molecule has 0 N–H and O–H groups in total. The molecule has 0 bridgehead atoms. The SMILES string of the molecule is CN1CC(=O)N(CC=CCCl)CC1=O. The number of alkyl halides is 1. The highest BCUT2D eigenvalue weighted by atomic mass is 35.5. The number of carbonyl (C=O) groups excluding carboxylic acids is 2. The van der Waals surface area contributed by atoms with E-state index in [9.17, 15) is 9.59 Å². The topological polar surface area (TPSA) is 40.6 Å². The second-order valence-electron chi connectivity index (χ2n) is 3.15. The van der Waals surface area contributed by atoms with Crippen LogP contribution >= 0.6 is 11.6 Å².